The van der Waals surface area contributed by atoms with Gasteiger partial charge in [-0.1, -0.05) is 12.1 Å². The zero-order valence-corrected chi connectivity index (χ0v) is 10.3. The van der Waals surface area contributed by atoms with Gasteiger partial charge in [0.25, 0.3) is 0 Å². The van der Waals surface area contributed by atoms with E-state index in [0.717, 1.165) is 0 Å². The smallest absolute Gasteiger partial charge is 0.187 e. The molecule has 0 bridgehead atoms. The van der Waals surface area contributed by atoms with Gasteiger partial charge in [0, 0.05) is 13.1 Å². The van der Waals surface area contributed by atoms with Crippen molar-refractivity contribution in [1.82, 2.24) is 0 Å². The lowest BCUT2D eigenvalue weighted by atomic mass is 10.1. The van der Waals surface area contributed by atoms with Gasteiger partial charge in [0.15, 0.2) is 9.84 Å². The van der Waals surface area contributed by atoms with Crippen LogP contribution in [0.15, 0.2) is 23.1 Å². The van der Waals surface area contributed by atoms with Crippen molar-refractivity contribution in [3.8, 4) is 0 Å². The molecule has 0 aromatic heterocycles. The summed E-state index contributed by atoms with van der Waals surface area (Å²) in [7, 11) is -3.31. The Morgan fingerprint density at radius 1 is 1.44 bits per heavy atom. The molecule has 1 aromatic carbocycles. The molecule has 0 saturated heterocycles. The highest BCUT2D eigenvalue weighted by molar-refractivity contribution is 7.93. The Morgan fingerprint density at radius 2 is 2.12 bits per heavy atom. The molecule has 4 nitrogen and oxygen atoms in total. The summed E-state index contributed by atoms with van der Waals surface area (Å²) in [6.45, 7) is 4.12. The summed E-state index contributed by atoms with van der Waals surface area (Å²) in [5, 5.41) is 3.15. The van der Waals surface area contributed by atoms with Crippen molar-refractivity contribution >= 4 is 15.5 Å². The van der Waals surface area contributed by atoms with Crippen LogP contribution in [0.1, 0.15) is 19.4 Å². The summed E-state index contributed by atoms with van der Waals surface area (Å²) in [4.78, 5) is 0.369. The van der Waals surface area contributed by atoms with E-state index in [4.69, 9.17) is 5.73 Å². The van der Waals surface area contributed by atoms with E-state index >= 15 is 0 Å². The monoisotopic (exact) mass is 240 g/mol. The van der Waals surface area contributed by atoms with E-state index in [1.807, 2.05) is 6.07 Å². The average Bonchev–Trinajstić information content (AvgIpc) is 2.23. The van der Waals surface area contributed by atoms with E-state index in [9.17, 15) is 8.42 Å². The predicted octanol–water partition coefficient (Wildman–Crippen LogP) is 1.12. The second-order valence-corrected chi connectivity index (χ2v) is 7.13. The molecule has 5 heteroatoms. The van der Waals surface area contributed by atoms with Gasteiger partial charge in [-0.25, -0.2) is 8.42 Å². The van der Waals surface area contributed by atoms with Gasteiger partial charge >= 0.3 is 0 Å². The first kappa shape index (κ1) is 11.4. The first-order chi connectivity index (χ1) is 7.40. The number of anilines is 1. The summed E-state index contributed by atoms with van der Waals surface area (Å²) < 4.78 is 24.0. The minimum Gasteiger partial charge on any atom is -0.382 e. The fourth-order valence-corrected chi connectivity index (χ4v) is 3.62. The minimum atomic E-state index is -3.31. The van der Waals surface area contributed by atoms with Crippen LogP contribution in [0.5, 0.6) is 0 Å². The molecular formula is C11H16N2O2S. The number of nitrogens with two attached hydrogens (primary N) is 1. The molecule has 0 unspecified atom stereocenters. The fraction of sp³-hybridized carbons (Fsp3) is 0.455. The first-order valence-electron chi connectivity index (χ1n) is 5.20. The molecule has 0 aliphatic carbocycles. The summed E-state index contributed by atoms with van der Waals surface area (Å²) in [6, 6.07) is 5.36. The minimum absolute atomic E-state index is 0.236. The second kappa shape index (κ2) is 3.46. The number of rotatable bonds is 1. The molecule has 0 saturated carbocycles. The fourth-order valence-electron chi connectivity index (χ4n) is 1.88. The largest absolute Gasteiger partial charge is 0.382 e. The first-order valence-corrected chi connectivity index (χ1v) is 6.69. The van der Waals surface area contributed by atoms with Gasteiger partial charge in [-0.05, 0) is 25.5 Å². The lowest BCUT2D eigenvalue weighted by molar-refractivity contribution is 0.547. The molecule has 3 N–H and O–H groups in total. The number of fused-ring (bicyclic) bond motifs is 1. The zero-order chi connectivity index (χ0) is 12.0. The maximum absolute atomic E-state index is 12.4. The third-order valence-electron chi connectivity index (χ3n) is 3.02. The highest BCUT2D eigenvalue weighted by atomic mass is 32.2. The van der Waals surface area contributed by atoms with Gasteiger partial charge in [-0.3, -0.25) is 0 Å². The second-order valence-electron chi connectivity index (χ2n) is 4.61. The molecular weight excluding hydrogens is 224 g/mol. The van der Waals surface area contributed by atoms with E-state index in [-0.39, 0.29) is 6.54 Å². The third-order valence-corrected chi connectivity index (χ3v) is 5.64. The SMILES string of the molecule is CC1(C)CNc2cccc(CN)c2S1(=O)=O. The number of hydrogen-bond acceptors (Lipinski definition) is 4. The van der Waals surface area contributed by atoms with Crippen LogP contribution in [0.4, 0.5) is 5.69 Å². The van der Waals surface area contributed by atoms with Crippen molar-refractivity contribution in [3.05, 3.63) is 23.8 Å². The molecule has 0 atom stereocenters. The van der Waals surface area contributed by atoms with Crippen LogP contribution < -0.4 is 11.1 Å². The number of sulfone groups is 1. The topological polar surface area (TPSA) is 72.2 Å². The highest BCUT2D eigenvalue weighted by Crippen LogP contribution is 2.37. The summed E-state index contributed by atoms with van der Waals surface area (Å²) >= 11 is 0. The Kier molecular flexibility index (Phi) is 2.47. The standard InChI is InChI=1S/C11H16N2O2S/c1-11(2)7-13-9-5-3-4-8(6-12)10(9)16(11,14)15/h3-5,13H,6-7,12H2,1-2H3. The van der Waals surface area contributed by atoms with E-state index in [1.165, 1.54) is 0 Å². The van der Waals surface area contributed by atoms with Crippen molar-refractivity contribution in [2.24, 2.45) is 5.73 Å². The van der Waals surface area contributed by atoms with Crippen molar-refractivity contribution in [2.45, 2.75) is 30.0 Å². The van der Waals surface area contributed by atoms with Gasteiger partial charge in [0.05, 0.1) is 15.3 Å². The Balaban J connectivity index is 2.76. The lowest BCUT2D eigenvalue weighted by Crippen LogP contribution is -2.43. The van der Waals surface area contributed by atoms with Crippen LogP contribution in [0.3, 0.4) is 0 Å². The number of hydrogen-bond donors (Lipinski definition) is 2. The molecule has 0 fully saturated rings. The predicted molar refractivity (Wildman–Crippen MR) is 64.1 cm³/mol. The van der Waals surface area contributed by atoms with E-state index in [2.05, 4.69) is 5.32 Å². The van der Waals surface area contributed by atoms with E-state index in [0.29, 0.717) is 22.7 Å². The van der Waals surface area contributed by atoms with Gasteiger partial charge in [0.1, 0.15) is 0 Å². The normalized spacial score (nSPS) is 20.9. The maximum Gasteiger partial charge on any atom is 0.187 e. The van der Waals surface area contributed by atoms with E-state index in [1.54, 1.807) is 26.0 Å². The number of benzene rings is 1. The van der Waals surface area contributed by atoms with Crippen molar-refractivity contribution in [1.29, 1.82) is 0 Å². The Labute approximate surface area is 95.8 Å². The molecule has 1 aliphatic heterocycles. The summed E-state index contributed by atoms with van der Waals surface area (Å²) in [6.07, 6.45) is 0. The van der Waals surface area contributed by atoms with Crippen LogP contribution in [0, 0.1) is 0 Å². The molecule has 0 amide bonds. The van der Waals surface area contributed by atoms with Crippen LogP contribution in [0.25, 0.3) is 0 Å². The third kappa shape index (κ3) is 1.43. The van der Waals surface area contributed by atoms with Crippen molar-refractivity contribution < 1.29 is 8.42 Å². The highest BCUT2D eigenvalue weighted by Gasteiger charge is 2.41. The summed E-state index contributed by atoms with van der Waals surface area (Å²) in [5.74, 6) is 0. The van der Waals surface area contributed by atoms with Crippen molar-refractivity contribution in [3.63, 3.8) is 0 Å². The molecule has 16 heavy (non-hydrogen) atoms. The molecule has 2 rings (SSSR count). The van der Waals surface area contributed by atoms with Crippen LogP contribution >= 0.6 is 0 Å². The van der Waals surface area contributed by atoms with Crippen LogP contribution in [-0.2, 0) is 16.4 Å². The molecule has 1 heterocycles. The summed E-state index contributed by atoms with van der Waals surface area (Å²) in [5.41, 5.74) is 6.94. The maximum atomic E-state index is 12.4. The lowest BCUT2D eigenvalue weighted by Gasteiger charge is -2.33. The molecule has 0 spiro atoms. The average molecular weight is 240 g/mol. The quantitative estimate of drug-likeness (QED) is 0.771. The van der Waals surface area contributed by atoms with Gasteiger partial charge in [0.2, 0.25) is 0 Å². The zero-order valence-electron chi connectivity index (χ0n) is 9.45. The molecule has 88 valence electrons. The molecule has 1 aliphatic rings. The van der Waals surface area contributed by atoms with Crippen LogP contribution in [-0.4, -0.2) is 19.7 Å². The Bertz CT molecular complexity index is 507. The molecule has 0 radical (unpaired) electrons. The number of nitrogens with one attached hydrogen (secondary N) is 1. The van der Waals surface area contributed by atoms with Gasteiger partial charge in [-0.2, -0.15) is 0 Å². The van der Waals surface area contributed by atoms with Gasteiger partial charge < -0.3 is 11.1 Å². The van der Waals surface area contributed by atoms with Crippen LogP contribution in [0.2, 0.25) is 0 Å². The van der Waals surface area contributed by atoms with E-state index < -0.39 is 14.6 Å². The Morgan fingerprint density at radius 3 is 2.75 bits per heavy atom. The van der Waals surface area contributed by atoms with Gasteiger partial charge in [-0.15, -0.1) is 0 Å². The van der Waals surface area contributed by atoms with Crippen molar-refractivity contribution in [2.75, 3.05) is 11.9 Å². The molecule has 1 aromatic rings. The Hall–Kier alpha value is -1.07.